The summed E-state index contributed by atoms with van der Waals surface area (Å²) in [5.41, 5.74) is 8.33. The minimum absolute atomic E-state index is 0.0335. The molecule has 1 aliphatic rings. The summed E-state index contributed by atoms with van der Waals surface area (Å²) in [5.74, 6) is -1.90. The fourth-order valence-electron chi connectivity index (χ4n) is 2.20. The molecule has 0 aliphatic carbocycles. The van der Waals surface area contributed by atoms with Crippen molar-refractivity contribution in [3.63, 3.8) is 0 Å². The number of rotatable bonds is 9. The fourth-order valence-corrected chi connectivity index (χ4v) is 2.20. The lowest BCUT2D eigenvalue weighted by Crippen LogP contribution is -2.64. The molecule has 1 saturated heterocycles. The van der Waals surface area contributed by atoms with Crippen molar-refractivity contribution in [1.29, 1.82) is 0 Å². The SMILES string of the molecule is [N-]=[N+]=N[C@@H]1COC(O)(CNCCCCCCO)[C@@H](O)[C@@H]1O. The Morgan fingerprint density at radius 1 is 1.29 bits per heavy atom. The van der Waals surface area contributed by atoms with Crippen LogP contribution in [0.4, 0.5) is 0 Å². The third kappa shape index (κ3) is 5.40. The second kappa shape index (κ2) is 9.16. The molecule has 1 fully saturated rings. The number of azide groups is 1. The van der Waals surface area contributed by atoms with Gasteiger partial charge in [0.15, 0.2) is 0 Å². The maximum Gasteiger partial charge on any atom is 0.207 e. The number of aliphatic hydroxyl groups is 4. The molecule has 4 atom stereocenters. The molecule has 9 nitrogen and oxygen atoms in total. The molecule has 0 aromatic heterocycles. The summed E-state index contributed by atoms with van der Waals surface area (Å²) in [6.45, 7) is 0.627. The monoisotopic (exact) mass is 304 g/mol. The topological polar surface area (TPSA) is 151 Å². The van der Waals surface area contributed by atoms with Gasteiger partial charge in [-0.2, -0.15) is 0 Å². The van der Waals surface area contributed by atoms with Gasteiger partial charge in [0.1, 0.15) is 6.10 Å². The van der Waals surface area contributed by atoms with Gasteiger partial charge in [-0.1, -0.05) is 18.0 Å². The third-order valence-corrected chi connectivity index (χ3v) is 3.52. The molecule has 0 amide bonds. The molecule has 122 valence electrons. The Kier molecular flexibility index (Phi) is 7.91. The van der Waals surface area contributed by atoms with Crippen molar-refractivity contribution in [1.82, 2.24) is 5.32 Å². The van der Waals surface area contributed by atoms with E-state index in [9.17, 15) is 15.3 Å². The molecule has 0 saturated carbocycles. The third-order valence-electron chi connectivity index (χ3n) is 3.52. The minimum Gasteiger partial charge on any atom is -0.396 e. The summed E-state index contributed by atoms with van der Waals surface area (Å²) in [4.78, 5) is 2.56. The average molecular weight is 304 g/mol. The van der Waals surface area contributed by atoms with Crippen LogP contribution in [0.15, 0.2) is 5.11 Å². The Labute approximate surface area is 123 Å². The molecule has 1 unspecified atom stereocenters. The zero-order chi connectivity index (χ0) is 15.7. The number of unbranched alkanes of at least 4 members (excludes halogenated alkanes) is 3. The predicted octanol–water partition coefficient (Wildman–Crippen LogP) is -0.752. The molecule has 0 aromatic rings. The number of aliphatic hydroxyl groups excluding tert-OH is 3. The Hall–Kier alpha value is -0.930. The molecule has 9 heteroatoms. The van der Waals surface area contributed by atoms with E-state index in [4.69, 9.17) is 15.4 Å². The van der Waals surface area contributed by atoms with Gasteiger partial charge in [0.2, 0.25) is 5.79 Å². The van der Waals surface area contributed by atoms with Gasteiger partial charge in [-0.25, -0.2) is 0 Å². The minimum atomic E-state index is -1.90. The van der Waals surface area contributed by atoms with Crippen molar-refractivity contribution in [2.24, 2.45) is 5.11 Å². The van der Waals surface area contributed by atoms with Crippen LogP contribution < -0.4 is 5.32 Å². The second-order valence-electron chi connectivity index (χ2n) is 5.18. The Morgan fingerprint density at radius 3 is 2.67 bits per heavy atom. The number of hydrogen-bond acceptors (Lipinski definition) is 7. The molecule has 1 heterocycles. The summed E-state index contributed by atoms with van der Waals surface area (Å²) >= 11 is 0. The largest absolute Gasteiger partial charge is 0.396 e. The van der Waals surface area contributed by atoms with Crippen molar-refractivity contribution in [2.75, 3.05) is 26.3 Å². The molecular weight excluding hydrogens is 280 g/mol. The van der Waals surface area contributed by atoms with E-state index in [0.717, 1.165) is 25.7 Å². The number of nitrogens with zero attached hydrogens (tertiary/aromatic N) is 3. The smallest absolute Gasteiger partial charge is 0.207 e. The molecule has 1 rings (SSSR count). The molecule has 0 spiro atoms. The van der Waals surface area contributed by atoms with Gasteiger partial charge in [0.05, 0.1) is 25.3 Å². The zero-order valence-electron chi connectivity index (χ0n) is 11.9. The van der Waals surface area contributed by atoms with E-state index >= 15 is 0 Å². The lowest BCUT2D eigenvalue weighted by atomic mass is 9.95. The second-order valence-corrected chi connectivity index (χ2v) is 5.18. The van der Waals surface area contributed by atoms with Gasteiger partial charge in [0.25, 0.3) is 0 Å². The van der Waals surface area contributed by atoms with Crippen LogP contribution in [0.5, 0.6) is 0 Å². The van der Waals surface area contributed by atoms with Crippen LogP contribution in [-0.2, 0) is 4.74 Å². The zero-order valence-corrected chi connectivity index (χ0v) is 11.9. The van der Waals surface area contributed by atoms with Crippen LogP contribution in [-0.4, -0.2) is 70.8 Å². The molecule has 0 radical (unpaired) electrons. The molecule has 5 N–H and O–H groups in total. The van der Waals surface area contributed by atoms with Crippen molar-refractivity contribution in [2.45, 2.75) is 49.7 Å². The van der Waals surface area contributed by atoms with Crippen molar-refractivity contribution in [3.8, 4) is 0 Å². The number of nitrogens with one attached hydrogen (secondary N) is 1. The van der Waals surface area contributed by atoms with Crippen molar-refractivity contribution in [3.05, 3.63) is 10.4 Å². The van der Waals surface area contributed by atoms with Gasteiger partial charge >= 0.3 is 0 Å². The van der Waals surface area contributed by atoms with Gasteiger partial charge < -0.3 is 30.5 Å². The van der Waals surface area contributed by atoms with E-state index in [0.29, 0.717) is 6.54 Å². The van der Waals surface area contributed by atoms with Crippen molar-refractivity contribution >= 4 is 0 Å². The highest BCUT2D eigenvalue weighted by atomic mass is 16.6. The lowest BCUT2D eigenvalue weighted by Gasteiger charge is -2.42. The summed E-state index contributed by atoms with van der Waals surface area (Å²) in [7, 11) is 0. The maximum absolute atomic E-state index is 10.2. The van der Waals surface area contributed by atoms with E-state index in [1.165, 1.54) is 0 Å². The van der Waals surface area contributed by atoms with Gasteiger partial charge in [-0.3, -0.25) is 0 Å². The quantitative estimate of drug-likeness (QED) is 0.164. The van der Waals surface area contributed by atoms with Crippen molar-refractivity contribution < 1.29 is 25.2 Å². The standard InChI is InChI=1S/C12H24N4O5/c13-16-15-9-7-21-12(20,11(19)10(9)18)8-14-5-3-1-2-4-6-17/h9-11,14,17-20H,1-8H2/t9-,10-,11+,12?/m1/s1. The highest BCUT2D eigenvalue weighted by Gasteiger charge is 2.48. The lowest BCUT2D eigenvalue weighted by molar-refractivity contribution is -0.300. The molecule has 0 aromatic carbocycles. The van der Waals surface area contributed by atoms with Crippen LogP contribution in [0.2, 0.25) is 0 Å². The van der Waals surface area contributed by atoms with E-state index in [-0.39, 0.29) is 19.8 Å². The fraction of sp³-hybridized carbons (Fsp3) is 1.00. The molecule has 1 aliphatic heterocycles. The van der Waals surface area contributed by atoms with Gasteiger partial charge in [0, 0.05) is 11.5 Å². The predicted molar refractivity (Wildman–Crippen MR) is 74.3 cm³/mol. The van der Waals surface area contributed by atoms with E-state index in [1.54, 1.807) is 0 Å². The molecular formula is C12H24N4O5. The summed E-state index contributed by atoms with van der Waals surface area (Å²) in [5, 5.41) is 44.8. The van der Waals surface area contributed by atoms with Gasteiger partial charge in [-0.15, -0.1) is 0 Å². The molecule has 0 bridgehead atoms. The normalized spacial score (nSPS) is 32.7. The Morgan fingerprint density at radius 2 is 2.00 bits per heavy atom. The number of hydrogen-bond donors (Lipinski definition) is 5. The first-order chi connectivity index (χ1) is 10.0. The first-order valence-corrected chi connectivity index (χ1v) is 7.13. The summed E-state index contributed by atoms with van der Waals surface area (Å²) in [6, 6.07) is -0.913. The van der Waals surface area contributed by atoms with E-state index < -0.39 is 24.0 Å². The van der Waals surface area contributed by atoms with Crippen LogP contribution >= 0.6 is 0 Å². The number of ether oxygens (including phenoxy) is 1. The van der Waals surface area contributed by atoms with E-state index in [2.05, 4.69) is 15.3 Å². The highest BCUT2D eigenvalue weighted by Crippen LogP contribution is 2.25. The Bertz CT molecular complexity index is 353. The van der Waals surface area contributed by atoms with Crippen LogP contribution in [0, 0.1) is 0 Å². The van der Waals surface area contributed by atoms with E-state index in [1.807, 2.05) is 0 Å². The average Bonchev–Trinajstić information content (AvgIpc) is 2.48. The first kappa shape index (κ1) is 18.1. The summed E-state index contributed by atoms with van der Waals surface area (Å²) in [6.07, 6.45) is 0.620. The maximum atomic E-state index is 10.2. The highest BCUT2D eigenvalue weighted by molar-refractivity contribution is 4.95. The molecule has 21 heavy (non-hydrogen) atoms. The first-order valence-electron chi connectivity index (χ1n) is 7.13. The summed E-state index contributed by atoms with van der Waals surface area (Å²) < 4.78 is 5.14. The Balaban J connectivity index is 2.32. The van der Waals surface area contributed by atoms with Crippen LogP contribution in [0.1, 0.15) is 25.7 Å². The van der Waals surface area contributed by atoms with Gasteiger partial charge in [-0.05, 0) is 24.9 Å². The van der Waals surface area contributed by atoms with Crippen LogP contribution in [0.25, 0.3) is 10.4 Å². The van der Waals surface area contributed by atoms with Crippen LogP contribution in [0.3, 0.4) is 0 Å².